The lowest BCUT2D eigenvalue weighted by molar-refractivity contribution is 0.0696. The first-order chi connectivity index (χ1) is 7.07. The van der Waals surface area contributed by atoms with Crippen molar-refractivity contribution in [3.05, 3.63) is 23.3 Å². The number of carboxylic acid groups (broad SMARTS) is 1. The molecule has 0 heterocycles. The Kier molecular flexibility index (Phi) is 3.55. The van der Waals surface area contributed by atoms with Gasteiger partial charge in [0, 0.05) is 0 Å². The molecule has 15 heavy (non-hydrogen) atoms. The summed E-state index contributed by atoms with van der Waals surface area (Å²) in [7, 11) is 0. The van der Waals surface area contributed by atoms with Gasteiger partial charge in [-0.3, -0.25) is 0 Å². The lowest BCUT2D eigenvalue weighted by atomic mass is 9.99. The van der Waals surface area contributed by atoms with Crippen LogP contribution in [0.2, 0.25) is 0 Å². The minimum Gasteiger partial charge on any atom is -0.478 e. The second kappa shape index (κ2) is 4.68. The fourth-order valence-corrected chi connectivity index (χ4v) is 1.51. The third kappa shape index (κ3) is 2.40. The fourth-order valence-electron chi connectivity index (χ4n) is 1.51. The first-order valence-electron chi connectivity index (χ1n) is 4.98. The first kappa shape index (κ1) is 11.4. The Bertz CT molecular complexity index is 375. The Morgan fingerprint density at radius 3 is 2.60 bits per heavy atom. The van der Waals surface area contributed by atoms with Crippen LogP contribution in [0.4, 0.5) is 11.4 Å². The van der Waals surface area contributed by atoms with Crippen LogP contribution in [0.3, 0.4) is 0 Å². The predicted octanol–water partition coefficient (Wildman–Crippen LogP) is 1.89. The number of anilines is 2. The van der Waals surface area contributed by atoms with Crippen molar-refractivity contribution in [3.8, 4) is 0 Å². The summed E-state index contributed by atoms with van der Waals surface area (Å²) >= 11 is 0. The van der Waals surface area contributed by atoms with Crippen LogP contribution in [-0.4, -0.2) is 11.1 Å². The number of benzene rings is 1. The van der Waals surface area contributed by atoms with Crippen LogP contribution >= 0.6 is 0 Å². The van der Waals surface area contributed by atoms with Gasteiger partial charge in [-0.25, -0.2) is 4.79 Å². The van der Waals surface area contributed by atoms with Gasteiger partial charge in [0.05, 0.1) is 16.9 Å². The molecule has 1 aromatic rings. The summed E-state index contributed by atoms with van der Waals surface area (Å²) in [5.74, 6) is -0.951. The Morgan fingerprint density at radius 1 is 1.40 bits per heavy atom. The predicted molar refractivity (Wildman–Crippen MR) is 60.8 cm³/mol. The third-order valence-electron chi connectivity index (χ3n) is 2.40. The Morgan fingerprint density at radius 2 is 2.07 bits per heavy atom. The number of aromatic carboxylic acids is 1. The molecule has 5 N–H and O–H groups in total. The summed E-state index contributed by atoms with van der Waals surface area (Å²) in [6.07, 6.45) is 2.57. The van der Waals surface area contributed by atoms with Gasteiger partial charge in [0.15, 0.2) is 0 Å². The molecule has 0 atom stereocenters. The fraction of sp³-hybridized carbons (Fsp3) is 0.364. The molecular weight excluding hydrogens is 192 g/mol. The molecular formula is C11H16N2O2. The zero-order valence-electron chi connectivity index (χ0n) is 8.79. The number of nitrogen functional groups attached to an aromatic ring is 2. The van der Waals surface area contributed by atoms with Crippen LogP contribution in [0.25, 0.3) is 0 Å². The number of nitrogens with two attached hydrogens (primary N) is 2. The molecule has 4 heteroatoms. The van der Waals surface area contributed by atoms with Gasteiger partial charge in [-0.2, -0.15) is 0 Å². The van der Waals surface area contributed by atoms with Crippen molar-refractivity contribution >= 4 is 17.3 Å². The van der Waals surface area contributed by atoms with Crippen molar-refractivity contribution in [3.63, 3.8) is 0 Å². The second-order valence-corrected chi connectivity index (χ2v) is 3.50. The zero-order chi connectivity index (χ0) is 11.4. The summed E-state index contributed by atoms with van der Waals surface area (Å²) < 4.78 is 0. The highest BCUT2D eigenvalue weighted by Gasteiger charge is 2.13. The molecule has 0 aromatic heterocycles. The van der Waals surface area contributed by atoms with Gasteiger partial charge in [0.1, 0.15) is 0 Å². The van der Waals surface area contributed by atoms with Crippen molar-refractivity contribution < 1.29 is 9.90 Å². The lowest BCUT2D eigenvalue weighted by Gasteiger charge is -2.11. The molecule has 0 spiro atoms. The van der Waals surface area contributed by atoms with Gasteiger partial charge in [-0.05, 0) is 30.5 Å². The summed E-state index contributed by atoms with van der Waals surface area (Å²) in [5.41, 5.74) is 13.2. The minimum absolute atomic E-state index is 0.259. The Hall–Kier alpha value is -1.71. The maximum absolute atomic E-state index is 11.0. The Labute approximate surface area is 88.9 Å². The number of unbranched alkanes of at least 4 members (excludes halogenated alkanes) is 1. The zero-order valence-corrected chi connectivity index (χ0v) is 8.79. The molecule has 0 unspecified atom stereocenters. The molecule has 82 valence electrons. The number of carboxylic acids is 1. The minimum atomic E-state index is -0.951. The van der Waals surface area contributed by atoms with Gasteiger partial charge >= 0.3 is 5.97 Å². The first-order valence-corrected chi connectivity index (χ1v) is 4.98. The molecule has 0 radical (unpaired) electrons. The maximum Gasteiger partial charge on any atom is 0.336 e. The highest BCUT2D eigenvalue weighted by Crippen LogP contribution is 2.25. The summed E-state index contributed by atoms with van der Waals surface area (Å²) in [6, 6.07) is 3.05. The van der Waals surface area contributed by atoms with E-state index in [0.29, 0.717) is 23.4 Å². The van der Waals surface area contributed by atoms with Crippen LogP contribution < -0.4 is 11.5 Å². The van der Waals surface area contributed by atoms with Gasteiger partial charge in [-0.15, -0.1) is 0 Å². The molecule has 4 nitrogen and oxygen atoms in total. The van der Waals surface area contributed by atoms with E-state index in [2.05, 4.69) is 0 Å². The van der Waals surface area contributed by atoms with Gasteiger partial charge in [0.2, 0.25) is 0 Å². The van der Waals surface area contributed by atoms with Crippen molar-refractivity contribution in [1.29, 1.82) is 0 Å². The lowest BCUT2D eigenvalue weighted by Crippen LogP contribution is -2.08. The average molecular weight is 208 g/mol. The molecule has 0 aliphatic rings. The second-order valence-electron chi connectivity index (χ2n) is 3.50. The molecule has 1 rings (SSSR count). The molecule has 0 aliphatic heterocycles. The quantitative estimate of drug-likeness (QED) is 0.659. The number of hydrogen-bond donors (Lipinski definition) is 3. The summed E-state index contributed by atoms with van der Waals surface area (Å²) in [4.78, 5) is 11.0. The van der Waals surface area contributed by atoms with E-state index in [1.165, 1.54) is 12.1 Å². The van der Waals surface area contributed by atoms with Gasteiger partial charge < -0.3 is 16.6 Å². The van der Waals surface area contributed by atoms with E-state index < -0.39 is 5.97 Å². The van der Waals surface area contributed by atoms with Gasteiger partial charge in [-0.1, -0.05) is 13.3 Å². The maximum atomic E-state index is 11.0. The van der Waals surface area contributed by atoms with Crippen LogP contribution in [0.15, 0.2) is 12.1 Å². The summed E-state index contributed by atoms with van der Waals surface area (Å²) in [5, 5.41) is 8.98. The highest BCUT2D eigenvalue weighted by molar-refractivity contribution is 5.93. The van der Waals surface area contributed by atoms with Crippen LogP contribution in [0.5, 0.6) is 0 Å². The molecule has 0 aliphatic carbocycles. The van der Waals surface area contributed by atoms with Crippen LogP contribution in [0.1, 0.15) is 35.7 Å². The number of hydrogen-bond acceptors (Lipinski definition) is 3. The number of carbonyl (C=O) groups is 1. The monoisotopic (exact) mass is 208 g/mol. The Balaban J connectivity index is 3.16. The molecule has 0 saturated carbocycles. The van der Waals surface area contributed by atoms with Gasteiger partial charge in [0.25, 0.3) is 0 Å². The van der Waals surface area contributed by atoms with Crippen LogP contribution in [0, 0.1) is 0 Å². The van der Waals surface area contributed by atoms with Crippen molar-refractivity contribution in [2.75, 3.05) is 11.5 Å². The van der Waals surface area contributed by atoms with E-state index in [1.54, 1.807) is 0 Å². The third-order valence-corrected chi connectivity index (χ3v) is 2.40. The van der Waals surface area contributed by atoms with E-state index >= 15 is 0 Å². The van der Waals surface area contributed by atoms with Crippen LogP contribution in [-0.2, 0) is 6.42 Å². The molecule has 0 fully saturated rings. The summed E-state index contributed by atoms with van der Waals surface area (Å²) in [6.45, 7) is 2.04. The molecule has 0 bridgehead atoms. The SMILES string of the molecule is CCCCc1c(C(=O)O)ccc(N)c1N. The normalized spacial score (nSPS) is 10.2. The van der Waals surface area contributed by atoms with Crippen molar-refractivity contribution in [1.82, 2.24) is 0 Å². The largest absolute Gasteiger partial charge is 0.478 e. The topological polar surface area (TPSA) is 89.3 Å². The standard InChI is InChI=1S/C11H16N2O2/c1-2-3-4-7-8(11(14)15)5-6-9(12)10(7)13/h5-6H,2-4,12-13H2,1H3,(H,14,15). The highest BCUT2D eigenvalue weighted by atomic mass is 16.4. The van der Waals surface area contributed by atoms with E-state index in [-0.39, 0.29) is 5.56 Å². The van der Waals surface area contributed by atoms with E-state index in [1.807, 2.05) is 6.92 Å². The average Bonchev–Trinajstić information content (AvgIpc) is 2.19. The number of rotatable bonds is 4. The van der Waals surface area contributed by atoms with E-state index in [4.69, 9.17) is 16.6 Å². The van der Waals surface area contributed by atoms with Crippen molar-refractivity contribution in [2.24, 2.45) is 0 Å². The molecule has 0 saturated heterocycles. The van der Waals surface area contributed by atoms with E-state index in [9.17, 15) is 4.79 Å². The van der Waals surface area contributed by atoms with E-state index in [0.717, 1.165) is 12.8 Å². The smallest absolute Gasteiger partial charge is 0.336 e. The molecule has 1 aromatic carbocycles. The molecule has 0 amide bonds. The van der Waals surface area contributed by atoms with Crippen molar-refractivity contribution in [2.45, 2.75) is 26.2 Å².